The van der Waals surface area contributed by atoms with Crippen LogP contribution in [0.4, 0.5) is 4.79 Å². The Bertz CT molecular complexity index is 1990. The molecule has 0 bridgehead atoms. The molecule has 2 atom stereocenters. The number of ether oxygens (including phenoxy) is 1. The largest absolute Gasteiger partial charge is 0.506 e. The number of aromatic nitrogens is 1. The van der Waals surface area contributed by atoms with E-state index >= 15 is 0 Å². The average molecular weight is 677 g/mol. The molecule has 0 aliphatic carbocycles. The van der Waals surface area contributed by atoms with E-state index in [1.165, 1.54) is 12.1 Å². The van der Waals surface area contributed by atoms with Gasteiger partial charge in [-0.15, -0.1) is 0 Å². The van der Waals surface area contributed by atoms with Crippen LogP contribution in [0.5, 0.6) is 11.5 Å². The standard InChI is InChI=1S/C39H40N4O7/c44-33-15-13-31(32-14-16-35(46)41-37(32)33)34(45)23-40-22-25-9-11-28(12-10-25)38(47)43-19-17-26(18-20-43)24-50-30-8-4-7-29(21-30)36(42-39(48)49)27-5-2-1-3-6-27/h1-16,21,26,34,36,40,42,44-45H,17-20,22-24H2,(H,41,46)(H,48,49)/t34-,36-/m0/s1. The molecule has 1 aliphatic rings. The molecule has 0 radical (unpaired) electrons. The molecular formula is C39H40N4O7. The van der Waals surface area contributed by atoms with Crippen LogP contribution in [-0.2, 0) is 6.54 Å². The number of H-pyrrole nitrogens is 1. The highest BCUT2D eigenvalue weighted by Crippen LogP contribution is 2.29. The first-order valence-electron chi connectivity index (χ1n) is 16.6. The van der Waals surface area contributed by atoms with Crippen LogP contribution >= 0.6 is 0 Å². The van der Waals surface area contributed by atoms with E-state index in [-0.39, 0.29) is 29.7 Å². The summed E-state index contributed by atoms with van der Waals surface area (Å²) >= 11 is 0. The van der Waals surface area contributed by atoms with Gasteiger partial charge < -0.3 is 40.6 Å². The van der Waals surface area contributed by atoms with Gasteiger partial charge in [-0.2, -0.15) is 0 Å². The highest BCUT2D eigenvalue weighted by atomic mass is 16.5. The summed E-state index contributed by atoms with van der Waals surface area (Å²) in [6.07, 6.45) is -0.337. The van der Waals surface area contributed by atoms with Crippen molar-refractivity contribution in [2.45, 2.75) is 31.5 Å². The Labute approximate surface area is 289 Å². The van der Waals surface area contributed by atoms with E-state index in [2.05, 4.69) is 15.6 Å². The van der Waals surface area contributed by atoms with Crippen molar-refractivity contribution in [1.29, 1.82) is 0 Å². The van der Waals surface area contributed by atoms with Crippen molar-refractivity contribution >= 4 is 22.9 Å². The van der Waals surface area contributed by atoms with E-state index in [0.717, 1.165) is 29.5 Å². The van der Waals surface area contributed by atoms with Gasteiger partial charge in [0.25, 0.3) is 5.91 Å². The molecule has 1 aromatic heterocycles. The van der Waals surface area contributed by atoms with Gasteiger partial charge >= 0.3 is 6.09 Å². The number of aromatic hydroxyl groups is 1. The number of phenolic OH excluding ortho intramolecular Hbond substituents is 1. The second kappa shape index (κ2) is 15.7. The number of nitrogens with zero attached hydrogens (tertiary/aromatic N) is 1. The Morgan fingerprint density at radius 3 is 2.38 bits per heavy atom. The Morgan fingerprint density at radius 1 is 0.900 bits per heavy atom. The van der Waals surface area contributed by atoms with Crippen LogP contribution in [0.15, 0.2) is 108 Å². The number of nitrogens with one attached hydrogen (secondary N) is 3. The summed E-state index contributed by atoms with van der Waals surface area (Å²) < 4.78 is 6.15. The minimum atomic E-state index is -1.10. The monoisotopic (exact) mass is 676 g/mol. The lowest BCUT2D eigenvalue weighted by molar-refractivity contribution is 0.0661. The summed E-state index contributed by atoms with van der Waals surface area (Å²) in [4.78, 5) is 40.9. The molecule has 2 amide bonds. The maximum atomic E-state index is 13.3. The molecule has 1 saturated heterocycles. The fraction of sp³-hybridized carbons (Fsp3) is 0.256. The Morgan fingerprint density at radius 2 is 1.64 bits per heavy atom. The number of benzene rings is 4. The van der Waals surface area contributed by atoms with Crippen molar-refractivity contribution in [1.82, 2.24) is 20.5 Å². The van der Waals surface area contributed by atoms with Crippen LogP contribution in [0.25, 0.3) is 10.9 Å². The maximum absolute atomic E-state index is 13.3. The number of likely N-dealkylation sites (tertiary alicyclic amines) is 1. The Kier molecular flexibility index (Phi) is 10.8. The SMILES string of the molecule is O=C(O)N[C@@H](c1ccccc1)c1cccc(OCC2CCN(C(=O)c3ccc(CNC[C@H](O)c4ccc(O)c5[nH]c(=O)ccc45)cc3)CC2)c1. The van der Waals surface area contributed by atoms with Crippen LogP contribution in [0.1, 0.15) is 57.6 Å². The van der Waals surface area contributed by atoms with E-state index < -0.39 is 18.2 Å². The second-order valence-corrected chi connectivity index (χ2v) is 12.5. The van der Waals surface area contributed by atoms with E-state index in [1.807, 2.05) is 83.8 Å². The van der Waals surface area contributed by atoms with Gasteiger partial charge in [-0.1, -0.05) is 60.7 Å². The van der Waals surface area contributed by atoms with Crippen LogP contribution < -0.4 is 20.9 Å². The number of hydrogen-bond donors (Lipinski definition) is 6. The summed E-state index contributed by atoms with van der Waals surface area (Å²) in [5.41, 5.74) is 3.76. The number of carbonyl (C=O) groups excluding carboxylic acids is 1. The fourth-order valence-corrected chi connectivity index (χ4v) is 6.39. The minimum Gasteiger partial charge on any atom is -0.506 e. The van der Waals surface area contributed by atoms with Gasteiger partial charge in [0.2, 0.25) is 5.56 Å². The highest BCUT2D eigenvalue weighted by molar-refractivity contribution is 5.94. The smallest absolute Gasteiger partial charge is 0.405 e. The van der Waals surface area contributed by atoms with Gasteiger partial charge in [-0.25, -0.2) is 4.79 Å². The van der Waals surface area contributed by atoms with Crippen LogP contribution in [0.2, 0.25) is 0 Å². The van der Waals surface area contributed by atoms with E-state index in [4.69, 9.17) is 4.74 Å². The topological polar surface area (TPSA) is 164 Å². The number of hydrogen-bond acceptors (Lipinski definition) is 7. The quantitative estimate of drug-likeness (QED) is 0.103. The average Bonchev–Trinajstić information content (AvgIpc) is 3.14. The Hall–Kier alpha value is -5.65. The molecule has 6 rings (SSSR count). The lowest BCUT2D eigenvalue weighted by Crippen LogP contribution is -2.39. The third kappa shape index (κ3) is 8.31. The van der Waals surface area contributed by atoms with Gasteiger partial charge in [0.1, 0.15) is 11.5 Å². The predicted octanol–water partition coefficient (Wildman–Crippen LogP) is 5.35. The molecule has 5 aromatic rings. The molecule has 50 heavy (non-hydrogen) atoms. The summed E-state index contributed by atoms with van der Waals surface area (Å²) in [6.45, 7) is 2.50. The van der Waals surface area contributed by atoms with Crippen molar-refractivity contribution in [3.8, 4) is 11.5 Å². The zero-order chi connectivity index (χ0) is 35.0. The molecular weight excluding hydrogens is 636 g/mol. The summed E-state index contributed by atoms with van der Waals surface area (Å²) in [5.74, 6) is 0.890. The molecule has 6 N–H and O–H groups in total. The molecule has 1 fully saturated rings. The van der Waals surface area contributed by atoms with E-state index in [1.54, 1.807) is 12.1 Å². The predicted molar refractivity (Wildman–Crippen MR) is 189 cm³/mol. The number of fused-ring (bicyclic) bond motifs is 1. The van der Waals surface area contributed by atoms with Gasteiger partial charge in [0, 0.05) is 43.2 Å². The van der Waals surface area contributed by atoms with Gasteiger partial charge in [-0.3, -0.25) is 9.59 Å². The van der Waals surface area contributed by atoms with Crippen molar-refractivity contribution in [2.24, 2.45) is 5.92 Å². The number of piperidine rings is 1. The molecule has 2 heterocycles. The molecule has 0 spiro atoms. The minimum absolute atomic E-state index is 0.0119. The number of rotatable bonds is 12. The number of pyridine rings is 1. The number of aromatic amines is 1. The van der Waals surface area contributed by atoms with Gasteiger partial charge in [0.05, 0.1) is 24.3 Å². The number of phenols is 1. The fourth-order valence-electron chi connectivity index (χ4n) is 6.39. The lowest BCUT2D eigenvalue weighted by Gasteiger charge is -2.32. The van der Waals surface area contributed by atoms with Crippen LogP contribution in [-0.4, -0.2) is 63.4 Å². The number of carbonyl (C=O) groups is 2. The first-order valence-corrected chi connectivity index (χ1v) is 16.6. The summed E-state index contributed by atoms with van der Waals surface area (Å²) in [5, 5.41) is 36.7. The molecule has 0 unspecified atom stereocenters. The van der Waals surface area contributed by atoms with Crippen molar-refractivity contribution in [3.05, 3.63) is 141 Å². The number of amides is 2. The zero-order valence-electron chi connectivity index (χ0n) is 27.4. The first-order chi connectivity index (χ1) is 24.2. The number of aliphatic hydroxyl groups excluding tert-OH is 1. The molecule has 11 nitrogen and oxygen atoms in total. The third-order valence-corrected chi connectivity index (χ3v) is 9.11. The molecule has 0 saturated carbocycles. The second-order valence-electron chi connectivity index (χ2n) is 12.5. The van der Waals surface area contributed by atoms with Crippen LogP contribution in [0, 0.1) is 5.92 Å². The van der Waals surface area contributed by atoms with Crippen molar-refractivity contribution in [3.63, 3.8) is 0 Å². The molecule has 258 valence electrons. The summed E-state index contributed by atoms with van der Waals surface area (Å²) in [7, 11) is 0. The zero-order valence-corrected chi connectivity index (χ0v) is 27.4. The molecule has 1 aliphatic heterocycles. The number of carboxylic acid groups (broad SMARTS) is 1. The van der Waals surface area contributed by atoms with E-state index in [0.29, 0.717) is 54.0 Å². The first kappa shape index (κ1) is 34.2. The highest BCUT2D eigenvalue weighted by Gasteiger charge is 2.25. The molecule has 4 aromatic carbocycles. The Balaban J connectivity index is 0.963. The maximum Gasteiger partial charge on any atom is 0.405 e. The van der Waals surface area contributed by atoms with Crippen LogP contribution in [0.3, 0.4) is 0 Å². The summed E-state index contributed by atoms with van der Waals surface area (Å²) in [6, 6.07) is 29.9. The normalized spacial score (nSPS) is 14.6. The van der Waals surface area contributed by atoms with Crippen molar-refractivity contribution < 1.29 is 29.6 Å². The number of aliphatic hydroxyl groups is 1. The van der Waals surface area contributed by atoms with E-state index in [9.17, 15) is 29.7 Å². The van der Waals surface area contributed by atoms with Gasteiger partial charge in [-0.05, 0) is 77.4 Å². The lowest BCUT2D eigenvalue weighted by atomic mass is 9.97. The van der Waals surface area contributed by atoms with Gasteiger partial charge in [0.15, 0.2) is 0 Å². The molecule has 11 heteroatoms. The third-order valence-electron chi connectivity index (χ3n) is 9.11. The van der Waals surface area contributed by atoms with Crippen molar-refractivity contribution in [2.75, 3.05) is 26.2 Å².